The Morgan fingerprint density at radius 2 is 1.95 bits per heavy atom. The van der Waals surface area contributed by atoms with Crippen LogP contribution < -0.4 is 0 Å². The van der Waals surface area contributed by atoms with Crippen molar-refractivity contribution >= 4 is 23.2 Å². The van der Waals surface area contributed by atoms with Crippen LogP contribution in [0.5, 0.6) is 0 Å². The number of carbonyl (C=O) groups excluding carboxylic acids is 1. The summed E-state index contributed by atoms with van der Waals surface area (Å²) in [6, 6.07) is 10.8. The second-order valence-electron chi connectivity index (χ2n) is 4.79. The number of nitrogens with zero attached hydrogens (tertiary/aromatic N) is 1. The topological polar surface area (TPSA) is 57.6 Å². The standard InChI is InChI=1S/C16H17NO3S/c1-17(11-13-6-4-10-21-13)15(18)9-8-12-5-2-3-7-14(12)16(19)20/h2-7,10H,8-9,11H2,1H3,(H,19,20). The quantitative estimate of drug-likeness (QED) is 0.892. The Morgan fingerprint density at radius 3 is 2.62 bits per heavy atom. The lowest BCUT2D eigenvalue weighted by molar-refractivity contribution is -0.130. The first-order valence-electron chi connectivity index (χ1n) is 6.65. The first kappa shape index (κ1) is 15.3. The molecular weight excluding hydrogens is 286 g/mol. The first-order valence-corrected chi connectivity index (χ1v) is 7.53. The number of carboxylic acid groups (broad SMARTS) is 1. The molecule has 2 rings (SSSR count). The van der Waals surface area contributed by atoms with Crippen LogP contribution in [0.4, 0.5) is 0 Å². The number of thiophene rings is 1. The molecule has 0 saturated heterocycles. The zero-order valence-corrected chi connectivity index (χ0v) is 12.6. The molecule has 1 aromatic carbocycles. The molecule has 0 aliphatic rings. The van der Waals surface area contributed by atoms with Crippen LogP contribution in [0.3, 0.4) is 0 Å². The third-order valence-corrected chi connectivity index (χ3v) is 4.12. The summed E-state index contributed by atoms with van der Waals surface area (Å²) >= 11 is 1.62. The largest absolute Gasteiger partial charge is 0.478 e. The van der Waals surface area contributed by atoms with Gasteiger partial charge in [-0.05, 0) is 29.5 Å². The molecule has 5 heteroatoms. The molecule has 0 atom stereocenters. The first-order chi connectivity index (χ1) is 10.1. The summed E-state index contributed by atoms with van der Waals surface area (Å²) < 4.78 is 0. The van der Waals surface area contributed by atoms with E-state index < -0.39 is 5.97 Å². The lowest BCUT2D eigenvalue weighted by atomic mass is 10.0. The zero-order chi connectivity index (χ0) is 15.2. The third kappa shape index (κ3) is 4.16. The summed E-state index contributed by atoms with van der Waals surface area (Å²) in [6.07, 6.45) is 0.752. The van der Waals surface area contributed by atoms with E-state index in [2.05, 4.69) is 0 Å². The Morgan fingerprint density at radius 1 is 1.19 bits per heavy atom. The van der Waals surface area contributed by atoms with Crippen molar-refractivity contribution in [1.82, 2.24) is 4.90 Å². The van der Waals surface area contributed by atoms with Gasteiger partial charge in [0.15, 0.2) is 0 Å². The second kappa shape index (κ2) is 7.04. The predicted octanol–water partition coefficient (Wildman–Crippen LogP) is 3.04. The van der Waals surface area contributed by atoms with Crippen LogP contribution in [0, 0.1) is 0 Å². The number of carboxylic acids is 1. The van der Waals surface area contributed by atoms with Crippen molar-refractivity contribution < 1.29 is 14.7 Å². The molecule has 0 radical (unpaired) electrons. The van der Waals surface area contributed by atoms with Gasteiger partial charge < -0.3 is 10.0 Å². The monoisotopic (exact) mass is 303 g/mol. The number of amides is 1. The number of hydrogen-bond donors (Lipinski definition) is 1. The molecule has 4 nitrogen and oxygen atoms in total. The van der Waals surface area contributed by atoms with E-state index >= 15 is 0 Å². The number of aromatic carboxylic acids is 1. The third-order valence-electron chi connectivity index (χ3n) is 3.25. The zero-order valence-electron chi connectivity index (χ0n) is 11.8. The highest BCUT2D eigenvalue weighted by Gasteiger charge is 2.13. The Hall–Kier alpha value is -2.14. The van der Waals surface area contributed by atoms with Gasteiger partial charge in [-0.3, -0.25) is 4.79 Å². The molecule has 0 fully saturated rings. The highest BCUT2D eigenvalue weighted by molar-refractivity contribution is 7.09. The average Bonchev–Trinajstić information content (AvgIpc) is 2.97. The number of aryl methyl sites for hydroxylation is 1. The van der Waals surface area contributed by atoms with Gasteiger partial charge in [-0.15, -0.1) is 11.3 Å². The van der Waals surface area contributed by atoms with Crippen molar-refractivity contribution in [2.75, 3.05) is 7.05 Å². The molecule has 0 spiro atoms. The van der Waals surface area contributed by atoms with Crippen LogP contribution in [0.1, 0.15) is 27.2 Å². The van der Waals surface area contributed by atoms with E-state index in [9.17, 15) is 9.59 Å². The molecule has 110 valence electrons. The lowest BCUT2D eigenvalue weighted by Crippen LogP contribution is -2.26. The van der Waals surface area contributed by atoms with Crippen molar-refractivity contribution in [2.24, 2.45) is 0 Å². The normalized spacial score (nSPS) is 10.3. The summed E-state index contributed by atoms with van der Waals surface area (Å²) in [4.78, 5) is 26.0. The van der Waals surface area contributed by atoms with E-state index in [4.69, 9.17) is 5.11 Å². The molecule has 0 aliphatic heterocycles. The average molecular weight is 303 g/mol. The van der Waals surface area contributed by atoms with Crippen LogP contribution in [-0.4, -0.2) is 28.9 Å². The Labute approximate surface area is 127 Å². The van der Waals surface area contributed by atoms with Crippen molar-refractivity contribution in [2.45, 2.75) is 19.4 Å². The minimum atomic E-state index is -0.954. The highest BCUT2D eigenvalue weighted by Crippen LogP contribution is 2.14. The molecule has 2 aromatic rings. The Kier molecular flexibility index (Phi) is 5.11. The van der Waals surface area contributed by atoms with Crippen LogP contribution in [0.25, 0.3) is 0 Å². The smallest absolute Gasteiger partial charge is 0.335 e. The van der Waals surface area contributed by atoms with Gasteiger partial charge in [0.05, 0.1) is 12.1 Å². The predicted molar refractivity (Wildman–Crippen MR) is 82.5 cm³/mol. The molecule has 1 heterocycles. The molecular formula is C16H17NO3S. The van der Waals surface area contributed by atoms with Gasteiger partial charge in [0.1, 0.15) is 0 Å². The maximum absolute atomic E-state index is 12.1. The van der Waals surface area contributed by atoms with E-state index in [0.29, 0.717) is 24.9 Å². The maximum atomic E-state index is 12.1. The van der Waals surface area contributed by atoms with Gasteiger partial charge in [0, 0.05) is 18.3 Å². The van der Waals surface area contributed by atoms with Crippen LogP contribution in [0.15, 0.2) is 41.8 Å². The fraction of sp³-hybridized carbons (Fsp3) is 0.250. The Balaban J connectivity index is 1.93. The second-order valence-corrected chi connectivity index (χ2v) is 5.82. The maximum Gasteiger partial charge on any atom is 0.335 e. The molecule has 1 amide bonds. The van der Waals surface area contributed by atoms with Crippen molar-refractivity contribution in [3.05, 3.63) is 57.8 Å². The van der Waals surface area contributed by atoms with E-state index in [1.54, 1.807) is 47.5 Å². The van der Waals surface area contributed by atoms with Gasteiger partial charge in [-0.2, -0.15) is 0 Å². The van der Waals surface area contributed by atoms with E-state index in [0.717, 1.165) is 4.88 Å². The minimum Gasteiger partial charge on any atom is -0.478 e. The summed E-state index contributed by atoms with van der Waals surface area (Å²) in [6.45, 7) is 0.594. The highest BCUT2D eigenvalue weighted by atomic mass is 32.1. The van der Waals surface area contributed by atoms with E-state index in [1.165, 1.54) is 0 Å². The molecule has 0 aliphatic carbocycles. The summed E-state index contributed by atoms with van der Waals surface area (Å²) in [5.41, 5.74) is 0.967. The Bertz CT molecular complexity index is 622. The van der Waals surface area contributed by atoms with Crippen molar-refractivity contribution in [1.29, 1.82) is 0 Å². The van der Waals surface area contributed by atoms with Gasteiger partial charge in [0.2, 0.25) is 5.91 Å². The fourth-order valence-electron chi connectivity index (χ4n) is 2.10. The lowest BCUT2D eigenvalue weighted by Gasteiger charge is -2.16. The van der Waals surface area contributed by atoms with Crippen LogP contribution in [0.2, 0.25) is 0 Å². The van der Waals surface area contributed by atoms with Gasteiger partial charge in [-0.1, -0.05) is 24.3 Å². The molecule has 0 bridgehead atoms. The SMILES string of the molecule is CN(Cc1cccs1)C(=O)CCc1ccccc1C(=O)O. The molecule has 0 unspecified atom stereocenters. The minimum absolute atomic E-state index is 0.0172. The molecule has 1 N–H and O–H groups in total. The fourth-order valence-corrected chi connectivity index (χ4v) is 2.86. The van der Waals surface area contributed by atoms with Crippen molar-refractivity contribution in [3.8, 4) is 0 Å². The summed E-state index contributed by atoms with van der Waals surface area (Å²) in [7, 11) is 1.77. The number of rotatable bonds is 6. The van der Waals surface area contributed by atoms with Gasteiger partial charge in [-0.25, -0.2) is 4.79 Å². The number of hydrogen-bond acceptors (Lipinski definition) is 3. The van der Waals surface area contributed by atoms with Gasteiger partial charge in [0.25, 0.3) is 0 Å². The van der Waals surface area contributed by atoms with E-state index in [-0.39, 0.29) is 11.5 Å². The van der Waals surface area contributed by atoms with Crippen LogP contribution >= 0.6 is 11.3 Å². The molecule has 21 heavy (non-hydrogen) atoms. The molecule has 1 aromatic heterocycles. The summed E-state index contributed by atoms with van der Waals surface area (Å²) in [5.74, 6) is -0.936. The van der Waals surface area contributed by atoms with Gasteiger partial charge >= 0.3 is 5.97 Å². The number of benzene rings is 1. The number of carbonyl (C=O) groups is 2. The van der Waals surface area contributed by atoms with Crippen molar-refractivity contribution in [3.63, 3.8) is 0 Å². The molecule has 0 saturated carbocycles. The summed E-state index contributed by atoms with van der Waals surface area (Å²) in [5, 5.41) is 11.1. The van der Waals surface area contributed by atoms with E-state index in [1.807, 2.05) is 17.5 Å². The van der Waals surface area contributed by atoms with Crippen LogP contribution in [-0.2, 0) is 17.8 Å².